The zero-order valence-corrected chi connectivity index (χ0v) is 14.9. The Bertz CT molecular complexity index is 756. The molecule has 26 heavy (non-hydrogen) atoms. The Kier molecular flexibility index (Phi) is 5.84. The Labute approximate surface area is 153 Å². The number of ether oxygens (including phenoxy) is 1. The summed E-state index contributed by atoms with van der Waals surface area (Å²) in [5.41, 5.74) is 0.966. The third kappa shape index (κ3) is 4.81. The predicted octanol–water partition coefficient (Wildman–Crippen LogP) is 2.75. The minimum Gasteiger partial charge on any atom is -0.439 e. The molecule has 0 bridgehead atoms. The number of pyridine rings is 1. The maximum Gasteiger partial charge on any atom is 0.223 e. The van der Waals surface area contributed by atoms with Crippen LogP contribution in [-0.4, -0.2) is 34.8 Å². The van der Waals surface area contributed by atoms with Gasteiger partial charge in [0.25, 0.3) is 0 Å². The lowest BCUT2D eigenvalue weighted by Crippen LogP contribution is -2.42. The van der Waals surface area contributed by atoms with Gasteiger partial charge in [-0.2, -0.15) is 0 Å². The molecule has 1 N–H and O–H groups in total. The van der Waals surface area contributed by atoms with Crippen LogP contribution in [0.15, 0.2) is 48.7 Å². The molecule has 1 aromatic carbocycles. The summed E-state index contributed by atoms with van der Waals surface area (Å²) in [5, 5.41) is 2.99. The van der Waals surface area contributed by atoms with Gasteiger partial charge in [0.15, 0.2) is 0 Å². The van der Waals surface area contributed by atoms with Crippen molar-refractivity contribution in [2.45, 2.75) is 26.3 Å². The van der Waals surface area contributed by atoms with E-state index in [4.69, 9.17) is 4.74 Å². The number of aromatic nitrogens is 1. The highest BCUT2D eigenvalue weighted by Crippen LogP contribution is 2.21. The molecule has 2 heterocycles. The minimum atomic E-state index is -0.0291. The molecule has 2 amide bonds. The van der Waals surface area contributed by atoms with Gasteiger partial charge in [0.2, 0.25) is 17.7 Å². The van der Waals surface area contributed by atoms with Crippen LogP contribution in [-0.2, 0) is 16.1 Å². The molecule has 0 unspecified atom stereocenters. The summed E-state index contributed by atoms with van der Waals surface area (Å²) >= 11 is 0. The van der Waals surface area contributed by atoms with Crippen molar-refractivity contribution in [1.82, 2.24) is 15.2 Å². The van der Waals surface area contributed by atoms with Crippen molar-refractivity contribution in [3.05, 3.63) is 54.2 Å². The second-order valence-corrected chi connectivity index (χ2v) is 6.42. The van der Waals surface area contributed by atoms with Crippen LogP contribution in [0.2, 0.25) is 0 Å². The lowest BCUT2D eigenvalue weighted by atomic mass is 9.96. The molecule has 0 saturated carbocycles. The van der Waals surface area contributed by atoms with Crippen LogP contribution < -0.4 is 10.1 Å². The summed E-state index contributed by atoms with van der Waals surface area (Å²) in [4.78, 5) is 29.7. The molecule has 3 rings (SSSR count). The lowest BCUT2D eigenvalue weighted by Gasteiger charge is -2.30. The van der Waals surface area contributed by atoms with E-state index in [9.17, 15) is 9.59 Å². The van der Waals surface area contributed by atoms with Crippen LogP contribution in [0.25, 0.3) is 0 Å². The average molecular weight is 353 g/mol. The second-order valence-electron chi connectivity index (χ2n) is 6.42. The number of hydrogen-bond acceptors (Lipinski definition) is 4. The van der Waals surface area contributed by atoms with Gasteiger partial charge < -0.3 is 15.0 Å². The summed E-state index contributed by atoms with van der Waals surface area (Å²) in [5.74, 6) is 1.31. The van der Waals surface area contributed by atoms with E-state index >= 15 is 0 Å². The van der Waals surface area contributed by atoms with Gasteiger partial charge >= 0.3 is 0 Å². The Morgan fingerprint density at radius 1 is 1.19 bits per heavy atom. The number of hydrogen-bond donors (Lipinski definition) is 1. The number of amides is 2. The summed E-state index contributed by atoms with van der Waals surface area (Å²) in [6.45, 7) is 3.33. The molecule has 6 heteroatoms. The van der Waals surface area contributed by atoms with Crippen molar-refractivity contribution in [3.63, 3.8) is 0 Å². The van der Waals surface area contributed by atoms with Gasteiger partial charge in [0, 0.05) is 44.7 Å². The highest BCUT2D eigenvalue weighted by Gasteiger charge is 2.25. The SMILES string of the molecule is CC(=O)N1CCC(C(=O)NCc2cccc(Oc3ccccn3)c2)CC1. The number of benzene rings is 1. The van der Waals surface area contributed by atoms with Crippen molar-refractivity contribution in [2.75, 3.05) is 13.1 Å². The van der Waals surface area contributed by atoms with Crippen molar-refractivity contribution in [2.24, 2.45) is 5.92 Å². The van der Waals surface area contributed by atoms with E-state index in [1.165, 1.54) is 0 Å². The Morgan fingerprint density at radius 2 is 2.00 bits per heavy atom. The number of carbonyl (C=O) groups excluding carboxylic acids is 2. The molecule has 1 aromatic heterocycles. The summed E-state index contributed by atoms with van der Waals surface area (Å²) in [6, 6.07) is 13.1. The standard InChI is InChI=1S/C20H23N3O3/c1-15(24)23-11-8-17(9-12-23)20(25)22-14-16-5-4-6-18(13-16)26-19-7-2-3-10-21-19/h2-7,10,13,17H,8-9,11-12,14H2,1H3,(H,22,25). The monoisotopic (exact) mass is 353 g/mol. The molecule has 0 aliphatic carbocycles. The Hall–Kier alpha value is -2.89. The molecule has 0 atom stereocenters. The van der Waals surface area contributed by atoms with Crippen molar-refractivity contribution < 1.29 is 14.3 Å². The maximum absolute atomic E-state index is 12.4. The number of piperidine rings is 1. The molecule has 1 saturated heterocycles. The predicted molar refractivity (Wildman–Crippen MR) is 97.6 cm³/mol. The zero-order valence-electron chi connectivity index (χ0n) is 14.9. The first-order valence-electron chi connectivity index (χ1n) is 8.83. The first-order chi connectivity index (χ1) is 12.6. The van der Waals surface area contributed by atoms with E-state index < -0.39 is 0 Å². The normalized spacial score (nSPS) is 14.7. The largest absolute Gasteiger partial charge is 0.439 e. The molecule has 0 spiro atoms. The van der Waals surface area contributed by atoms with Crippen molar-refractivity contribution in [3.8, 4) is 11.6 Å². The molecule has 2 aromatic rings. The highest BCUT2D eigenvalue weighted by atomic mass is 16.5. The van der Waals surface area contributed by atoms with E-state index in [1.807, 2.05) is 36.4 Å². The summed E-state index contributed by atoms with van der Waals surface area (Å²) in [7, 11) is 0. The molecule has 1 aliphatic rings. The first kappa shape index (κ1) is 17.9. The third-order valence-electron chi connectivity index (χ3n) is 4.54. The van der Waals surface area contributed by atoms with Gasteiger partial charge in [0.1, 0.15) is 5.75 Å². The summed E-state index contributed by atoms with van der Waals surface area (Å²) in [6.07, 6.45) is 3.11. The van der Waals surface area contributed by atoms with Crippen LogP contribution in [0.4, 0.5) is 0 Å². The average Bonchev–Trinajstić information content (AvgIpc) is 2.67. The lowest BCUT2D eigenvalue weighted by molar-refractivity contribution is -0.134. The summed E-state index contributed by atoms with van der Waals surface area (Å²) < 4.78 is 5.72. The van der Waals surface area contributed by atoms with E-state index in [0.717, 1.165) is 5.56 Å². The number of nitrogens with zero attached hydrogens (tertiary/aromatic N) is 2. The number of likely N-dealkylation sites (tertiary alicyclic amines) is 1. The molecule has 136 valence electrons. The number of nitrogens with one attached hydrogen (secondary N) is 1. The number of rotatable bonds is 5. The molecular weight excluding hydrogens is 330 g/mol. The fraction of sp³-hybridized carbons (Fsp3) is 0.350. The van der Waals surface area contributed by atoms with E-state index in [1.54, 1.807) is 24.1 Å². The van der Waals surface area contributed by atoms with Crippen LogP contribution in [0.5, 0.6) is 11.6 Å². The van der Waals surface area contributed by atoms with Gasteiger partial charge in [-0.15, -0.1) is 0 Å². The quantitative estimate of drug-likeness (QED) is 0.897. The van der Waals surface area contributed by atoms with Gasteiger partial charge in [-0.25, -0.2) is 4.98 Å². The maximum atomic E-state index is 12.4. The van der Waals surface area contributed by atoms with E-state index in [-0.39, 0.29) is 17.7 Å². The Morgan fingerprint density at radius 3 is 2.69 bits per heavy atom. The van der Waals surface area contributed by atoms with Crippen LogP contribution in [0.3, 0.4) is 0 Å². The van der Waals surface area contributed by atoms with Gasteiger partial charge in [-0.05, 0) is 36.6 Å². The molecule has 6 nitrogen and oxygen atoms in total. The highest BCUT2D eigenvalue weighted by molar-refractivity contribution is 5.79. The van der Waals surface area contributed by atoms with Crippen LogP contribution in [0, 0.1) is 5.92 Å². The Balaban J connectivity index is 1.51. The zero-order chi connectivity index (χ0) is 18.4. The van der Waals surface area contributed by atoms with Gasteiger partial charge in [-0.3, -0.25) is 9.59 Å². The molecular formula is C20H23N3O3. The third-order valence-corrected chi connectivity index (χ3v) is 4.54. The first-order valence-corrected chi connectivity index (χ1v) is 8.83. The second kappa shape index (κ2) is 8.47. The van der Waals surface area contributed by atoms with Crippen molar-refractivity contribution in [1.29, 1.82) is 0 Å². The van der Waals surface area contributed by atoms with E-state index in [2.05, 4.69) is 10.3 Å². The van der Waals surface area contributed by atoms with Crippen LogP contribution >= 0.6 is 0 Å². The van der Waals surface area contributed by atoms with Gasteiger partial charge in [0.05, 0.1) is 0 Å². The van der Waals surface area contributed by atoms with Crippen molar-refractivity contribution >= 4 is 11.8 Å². The smallest absolute Gasteiger partial charge is 0.223 e. The molecule has 1 fully saturated rings. The van der Waals surface area contributed by atoms with E-state index in [0.29, 0.717) is 44.1 Å². The molecule has 0 radical (unpaired) electrons. The minimum absolute atomic E-state index is 0.0291. The topological polar surface area (TPSA) is 71.5 Å². The van der Waals surface area contributed by atoms with Crippen LogP contribution in [0.1, 0.15) is 25.3 Å². The number of carbonyl (C=O) groups is 2. The fourth-order valence-corrected chi connectivity index (χ4v) is 3.04. The van der Waals surface area contributed by atoms with Gasteiger partial charge in [-0.1, -0.05) is 18.2 Å². The fourth-order valence-electron chi connectivity index (χ4n) is 3.04. The molecule has 1 aliphatic heterocycles.